The van der Waals surface area contributed by atoms with E-state index in [1.807, 2.05) is 0 Å². The molecular formula is C16H29P. The second-order valence-corrected chi connectivity index (χ2v) is 9.02. The largest absolute Gasteiger partial charge is 0.0998 e. The van der Waals surface area contributed by atoms with Crippen LogP contribution in [-0.4, -0.2) is 17.5 Å². The standard InChI is InChI=1S/C16H29P/c1-14(2)13-17(15-9-5-3-6-10-15)16-11-7-4-8-12-16/h15-16H,1,3-13H2,2H3. The Bertz CT molecular complexity index is 216. The second-order valence-electron chi connectivity index (χ2n) is 6.21. The van der Waals surface area contributed by atoms with E-state index in [9.17, 15) is 0 Å². The zero-order chi connectivity index (χ0) is 12.1. The van der Waals surface area contributed by atoms with E-state index in [1.165, 1.54) is 75.9 Å². The molecule has 2 aliphatic carbocycles. The van der Waals surface area contributed by atoms with Crippen molar-refractivity contribution in [1.29, 1.82) is 0 Å². The molecule has 2 fully saturated rings. The smallest absolute Gasteiger partial charge is 0.0115 e. The molecule has 1 heteroatoms. The lowest BCUT2D eigenvalue weighted by Gasteiger charge is -2.38. The summed E-state index contributed by atoms with van der Waals surface area (Å²) in [6.07, 6.45) is 16.5. The van der Waals surface area contributed by atoms with Crippen molar-refractivity contribution in [3.63, 3.8) is 0 Å². The Morgan fingerprint density at radius 2 is 1.29 bits per heavy atom. The fourth-order valence-electron chi connectivity index (χ4n) is 3.69. The summed E-state index contributed by atoms with van der Waals surface area (Å²) in [7, 11) is 0.264. The highest BCUT2D eigenvalue weighted by Gasteiger charge is 2.30. The molecule has 0 radical (unpaired) electrons. The molecule has 2 saturated carbocycles. The van der Waals surface area contributed by atoms with Gasteiger partial charge >= 0.3 is 0 Å². The molecule has 17 heavy (non-hydrogen) atoms. The molecule has 98 valence electrons. The summed E-state index contributed by atoms with van der Waals surface area (Å²) in [6.45, 7) is 6.45. The Labute approximate surface area is 109 Å². The van der Waals surface area contributed by atoms with E-state index in [4.69, 9.17) is 0 Å². The average Bonchev–Trinajstić information content (AvgIpc) is 2.38. The van der Waals surface area contributed by atoms with Gasteiger partial charge in [0.25, 0.3) is 0 Å². The monoisotopic (exact) mass is 252 g/mol. The summed E-state index contributed by atoms with van der Waals surface area (Å²) < 4.78 is 0. The summed E-state index contributed by atoms with van der Waals surface area (Å²) in [6, 6.07) is 0. The Kier molecular flexibility index (Phi) is 5.54. The quantitative estimate of drug-likeness (QED) is 0.444. The van der Waals surface area contributed by atoms with Crippen molar-refractivity contribution in [2.24, 2.45) is 0 Å². The molecule has 0 unspecified atom stereocenters. The Morgan fingerprint density at radius 3 is 1.65 bits per heavy atom. The average molecular weight is 252 g/mol. The van der Waals surface area contributed by atoms with E-state index in [-0.39, 0.29) is 7.92 Å². The highest BCUT2D eigenvalue weighted by molar-refractivity contribution is 7.59. The molecule has 0 spiro atoms. The first-order chi connectivity index (χ1) is 8.27. The van der Waals surface area contributed by atoms with Gasteiger partial charge in [-0.2, -0.15) is 0 Å². The van der Waals surface area contributed by atoms with Crippen LogP contribution in [0.2, 0.25) is 0 Å². The van der Waals surface area contributed by atoms with Crippen LogP contribution in [0.15, 0.2) is 12.2 Å². The Hall–Kier alpha value is 0.170. The summed E-state index contributed by atoms with van der Waals surface area (Å²) >= 11 is 0. The number of hydrogen-bond acceptors (Lipinski definition) is 0. The molecule has 0 heterocycles. The third kappa shape index (κ3) is 4.09. The number of rotatable bonds is 4. The lowest BCUT2D eigenvalue weighted by Crippen LogP contribution is -2.22. The van der Waals surface area contributed by atoms with E-state index < -0.39 is 0 Å². The van der Waals surface area contributed by atoms with E-state index in [1.54, 1.807) is 0 Å². The van der Waals surface area contributed by atoms with Crippen LogP contribution in [0, 0.1) is 0 Å². The lowest BCUT2D eigenvalue weighted by atomic mass is 9.99. The predicted molar refractivity (Wildman–Crippen MR) is 80.3 cm³/mol. The van der Waals surface area contributed by atoms with Crippen molar-refractivity contribution in [1.82, 2.24) is 0 Å². The van der Waals surface area contributed by atoms with Crippen LogP contribution in [0.25, 0.3) is 0 Å². The second kappa shape index (κ2) is 6.93. The summed E-state index contributed by atoms with van der Waals surface area (Å²) in [5.74, 6) is 0. The highest BCUT2D eigenvalue weighted by Crippen LogP contribution is 2.56. The number of hydrogen-bond donors (Lipinski definition) is 0. The van der Waals surface area contributed by atoms with Crippen LogP contribution in [0.5, 0.6) is 0 Å². The molecule has 0 saturated heterocycles. The van der Waals surface area contributed by atoms with Gasteiger partial charge in [-0.15, -0.1) is 0 Å². The Morgan fingerprint density at radius 1 is 0.882 bits per heavy atom. The minimum Gasteiger partial charge on any atom is -0.0998 e. The molecule has 0 atom stereocenters. The van der Waals surface area contributed by atoms with Crippen LogP contribution < -0.4 is 0 Å². The summed E-state index contributed by atoms with van der Waals surface area (Å²) in [5.41, 5.74) is 3.64. The Balaban J connectivity index is 1.97. The molecular weight excluding hydrogens is 223 g/mol. The van der Waals surface area contributed by atoms with E-state index in [0.717, 1.165) is 11.3 Å². The van der Waals surface area contributed by atoms with Crippen molar-refractivity contribution in [2.75, 3.05) is 6.16 Å². The van der Waals surface area contributed by atoms with Crippen molar-refractivity contribution in [2.45, 2.75) is 82.4 Å². The summed E-state index contributed by atoms with van der Waals surface area (Å²) in [5, 5.41) is 0. The van der Waals surface area contributed by atoms with E-state index in [2.05, 4.69) is 13.5 Å². The van der Waals surface area contributed by atoms with Crippen LogP contribution >= 0.6 is 7.92 Å². The topological polar surface area (TPSA) is 0 Å². The van der Waals surface area contributed by atoms with Crippen LogP contribution in [0.3, 0.4) is 0 Å². The van der Waals surface area contributed by atoms with Gasteiger partial charge in [0, 0.05) is 0 Å². The molecule has 0 N–H and O–H groups in total. The SMILES string of the molecule is C=C(C)CP(C1CCCCC1)C1CCCCC1. The van der Waals surface area contributed by atoms with Gasteiger partial charge in [-0.3, -0.25) is 0 Å². The minimum atomic E-state index is 0.264. The van der Waals surface area contributed by atoms with Gasteiger partial charge in [0.15, 0.2) is 0 Å². The zero-order valence-electron chi connectivity index (χ0n) is 11.6. The van der Waals surface area contributed by atoms with Gasteiger partial charge in [-0.25, -0.2) is 0 Å². The first-order valence-corrected chi connectivity index (χ1v) is 9.34. The molecule has 2 aliphatic rings. The minimum absolute atomic E-state index is 0.264. The van der Waals surface area contributed by atoms with Gasteiger partial charge in [-0.1, -0.05) is 58.6 Å². The maximum absolute atomic E-state index is 4.20. The molecule has 0 aliphatic heterocycles. The molecule has 0 aromatic rings. The first kappa shape index (κ1) is 13.6. The predicted octanol–water partition coefficient (Wildman–Crippen LogP) is 5.71. The van der Waals surface area contributed by atoms with Gasteiger partial charge in [0.05, 0.1) is 0 Å². The molecule has 0 nitrogen and oxygen atoms in total. The van der Waals surface area contributed by atoms with Crippen molar-refractivity contribution in [3.05, 3.63) is 12.2 Å². The molecule has 0 aromatic heterocycles. The fourth-order valence-corrected chi connectivity index (χ4v) is 7.49. The normalized spacial score (nSPS) is 24.1. The van der Waals surface area contributed by atoms with Gasteiger partial charge in [0.1, 0.15) is 0 Å². The van der Waals surface area contributed by atoms with Gasteiger partial charge < -0.3 is 0 Å². The third-order valence-electron chi connectivity index (χ3n) is 4.54. The fraction of sp³-hybridized carbons (Fsp3) is 0.875. The third-order valence-corrected chi connectivity index (χ3v) is 8.35. The first-order valence-electron chi connectivity index (χ1n) is 7.67. The molecule has 2 rings (SSSR count). The van der Waals surface area contributed by atoms with Crippen LogP contribution in [-0.2, 0) is 0 Å². The summed E-state index contributed by atoms with van der Waals surface area (Å²) in [4.78, 5) is 0. The van der Waals surface area contributed by atoms with Gasteiger partial charge in [0.2, 0.25) is 0 Å². The van der Waals surface area contributed by atoms with E-state index >= 15 is 0 Å². The van der Waals surface area contributed by atoms with Crippen molar-refractivity contribution in [3.8, 4) is 0 Å². The highest BCUT2D eigenvalue weighted by atomic mass is 31.1. The lowest BCUT2D eigenvalue weighted by molar-refractivity contribution is 0.485. The van der Waals surface area contributed by atoms with Crippen LogP contribution in [0.1, 0.15) is 71.1 Å². The number of allylic oxidation sites excluding steroid dienone is 1. The van der Waals surface area contributed by atoms with Crippen LogP contribution in [0.4, 0.5) is 0 Å². The maximum Gasteiger partial charge on any atom is -0.0115 e. The van der Waals surface area contributed by atoms with Crippen molar-refractivity contribution >= 4 is 7.92 Å². The zero-order valence-corrected chi connectivity index (χ0v) is 12.5. The molecule has 0 aromatic carbocycles. The molecule has 0 amide bonds. The molecule has 0 bridgehead atoms. The van der Waals surface area contributed by atoms with Gasteiger partial charge in [-0.05, 0) is 50.1 Å². The van der Waals surface area contributed by atoms with Crippen molar-refractivity contribution < 1.29 is 0 Å². The van der Waals surface area contributed by atoms with E-state index in [0.29, 0.717) is 0 Å². The maximum atomic E-state index is 4.20.